The highest BCUT2D eigenvalue weighted by molar-refractivity contribution is 6.39. The zero-order chi connectivity index (χ0) is 31.1. The van der Waals surface area contributed by atoms with E-state index in [9.17, 15) is 27.6 Å². The Hall–Kier alpha value is -4.41. The van der Waals surface area contributed by atoms with E-state index in [1.165, 1.54) is 66.3 Å². The summed E-state index contributed by atoms with van der Waals surface area (Å²) in [4.78, 5) is 43.7. The number of para-hydroxylation sites is 1. The van der Waals surface area contributed by atoms with E-state index >= 15 is 0 Å². The fraction of sp³-hybridized carbons (Fsp3) is 0.161. The van der Waals surface area contributed by atoms with E-state index in [0.717, 1.165) is 7.11 Å². The number of aromatic nitrogens is 2. The first-order valence-corrected chi connectivity index (χ1v) is 13.6. The van der Waals surface area contributed by atoms with Crippen LogP contribution >= 0.6 is 23.2 Å². The van der Waals surface area contributed by atoms with Gasteiger partial charge in [-0.2, -0.15) is 13.2 Å². The molecule has 0 saturated heterocycles. The fourth-order valence-corrected chi connectivity index (χ4v) is 5.72. The molecule has 2 aromatic heterocycles. The summed E-state index contributed by atoms with van der Waals surface area (Å²) in [5.41, 5.74) is -1.64. The molecule has 0 aliphatic heterocycles. The molecule has 0 aliphatic carbocycles. The van der Waals surface area contributed by atoms with E-state index in [1.54, 1.807) is 18.2 Å². The lowest BCUT2D eigenvalue weighted by Crippen LogP contribution is -2.43. The average Bonchev–Trinajstić information content (AvgIpc) is 2.97. The maximum atomic E-state index is 14.6. The number of nitrogens with zero attached hydrogens (tertiary/aromatic N) is 2. The molecule has 3 aromatic carbocycles. The molecular weight excluding hydrogens is 606 g/mol. The maximum Gasteiger partial charge on any atom is 0.417 e. The van der Waals surface area contributed by atoms with Gasteiger partial charge < -0.3 is 14.6 Å². The van der Waals surface area contributed by atoms with Crippen LogP contribution in [0.5, 0.6) is 0 Å². The lowest BCUT2D eigenvalue weighted by molar-refractivity contribution is -0.142. The van der Waals surface area contributed by atoms with Crippen LogP contribution in [-0.2, 0) is 29.2 Å². The second kappa shape index (κ2) is 11.7. The van der Waals surface area contributed by atoms with Crippen LogP contribution in [0, 0.1) is 0 Å². The predicted octanol–water partition coefficient (Wildman–Crippen LogP) is 6.59. The highest BCUT2D eigenvalue weighted by Gasteiger charge is 2.38. The summed E-state index contributed by atoms with van der Waals surface area (Å²) >= 11 is 12.3. The summed E-state index contributed by atoms with van der Waals surface area (Å²) in [5, 5.41) is 2.85. The van der Waals surface area contributed by atoms with Crippen molar-refractivity contribution in [1.82, 2.24) is 14.9 Å². The molecule has 0 aliphatic rings. The number of carbonyl (C=O) groups is 2. The molecule has 1 atom stereocenters. The topological polar surface area (TPSA) is 90.3 Å². The Labute approximate surface area is 252 Å². The van der Waals surface area contributed by atoms with Crippen molar-refractivity contribution in [3.05, 3.63) is 110 Å². The summed E-state index contributed by atoms with van der Waals surface area (Å²) in [5.74, 6) is -1.51. The number of hydrogen-bond donors (Lipinski definition) is 1. The number of fused-ring (bicyclic) bond motifs is 2. The smallest absolute Gasteiger partial charge is 0.417 e. The van der Waals surface area contributed by atoms with E-state index in [-0.39, 0.29) is 49.4 Å². The average molecular weight is 628 g/mol. The fourth-order valence-electron chi connectivity index (χ4n) is 5.16. The van der Waals surface area contributed by atoms with Crippen molar-refractivity contribution in [2.45, 2.75) is 18.6 Å². The summed E-state index contributed by atoms with van der Waals surface area (Å²) < 4.78 is 49.9. The van der Waals surface area contributed by atoms with Gasteiger partial charge in [0.15, 0.2) is 0 Å². The largest absolute Gasteiger partial charge is 0.467 e. The molecule has 1 N–H and O–H groups in total. The third-order valence-electron chi connectivity index (χ3n) is 7.11. The van der Waals surface area contributed by atoms with Crippen LogP contribution in [0.3, 0.4) is 0 Å². The van der Waals surface area contributed by atoms with Crippen molar-refractivity contribution in [3.8, 4) is 11.1 Å². The minimum atomic E-state index is -4.85. The number of rotatable bonds is 6. The summed E-state index contributed by atoms with van der Waals surface area (Å²) in [6, 6.07) is 15.0. The van der Waals surface area contributed by atoms with Gasteiger partial charge in [0.2, 0.25) is 0 Å². The lowest BCUT2D eigenvalue weighted by Gasteiger charge is -2.21. The molecule has 0 saturated carbocycles. The number of alkyl halides is 3. The minimum absolute atomic E-state index is 0.0204. The molecule has 12 heteroatoms. The second-order valence-corrected chi connectivity index (χ2v) is 10.5. The van der Waals surface area contributed by atoms with E-state index < -0.39 is 40.8 Å². The molecule has 0 spiro atoms. The zero-order valence-electron chi connectivity index (χ0n) is 22.6. The van der Waals surface area contributed by atoms with Crippen LogP contribution in [0.15, 0.2) is 77.7 Å². The molecule has 220 valence electrons. The first kappa shape index (κ1) is 30.1. The van der Waals surface area contributed by atoms with Crippen molar-refractivity contribution in [3.63, 3.8) is 0 Å². The Morgan fingerprint density at radius 2 is 1.65 bits per heavy atom. The van der Waals surface area contributed by atoms with Crippen LogP contribution < -0.4 is 10.9 Å². The van der Waals surface area contributed by atoms with Crippen molar-refractivity contribution in [1.29, 1.82) is 0 Å². The van der Waals surface area contributed by atoms with Crippen molar-refractivity contribution in [2.75, 3.05) is 7.11 Å². The number of ether oxygens (including phenoxy) is 1. The number of amides is 1. The summed E-state index contributed by atoms with van der Waals surface area (Å²) in [7, 11) is 2.57. The third-order valence-corrected chi connectivity index (χ3v) is 7.74. The van der Waals surface area contributed by atoms with Gasteiger partial charge in [0, 0.05) is 30.4 Å². The minimum Gasteiger partial charge on any atom is -0.467 e. The normalized spacial score (nSPS) is 12.3. The molecule has 5 rings (SSSR count). The summed E-state index contributed by atoms with van der Waals surface area (Å²) in [6.07, 6.45) is -3.56. The van der Waals surface area contributed by atoms with Crippen molar-refractivity contribution < 1.29 is 27.5 Å². The molecule has 0 fully saturated rings. The Balaban J connectivity index is 1.66. The molecule has 5 aromatic rings. The molecule has 0 bridgehead atoms. The molecule has 1 amide bonds. The zero-order valence-corrected chi connectivity index (χ0v) is 24.1. The van der Waals surface area contributed by atoms with Crippen LogP contribution in [0.4, 0.5) is 13.2 Å². The monoisotopic (exact) mass is 627 g/mol. The van der Waals surface area contributed by atoms with E-state index in [1.807, 2.05) is 0 Å². The van der Waals surface area contributed by atoms with Gasteiger partial charge in [-0.25, -0.2) is 4.79 Å². The van der Waals surface area contributed by atoms with Crippen LogP contribution in [0.25, 0.3) is 32.9 Å². The third kappa shape index (κ3) is 5.55. The SMILES string of the molecule is COC(=O)[C@H](Cc1ccc(-c2c(C(F)(F)F)c3ccccc3n(C)c2=O)c2cccnc12)NC(=O)c1c(Cl)cccc1Cl. The molecule has 2 heterocycles. The molecule has 43 heavy (non-hydrogen) atoms. The Kier molecular flexibility index (Phi) is 8.18. The van der Waals surface area contributed by atoms with Crippen LogP contribution in [0.2, 0.25) is 10.0 Å². The van der Waals surface area contributed by atoms with Gasteiger partial charge in [0.05, 0.1) is 44.9 Å². The number of hydrogen-bond acceptors (Lipinski definition) is 5. The van der Waals surface area contributed by atoms with E-state index in [2.05, 4.69) is 10.3 Å². The molecular formula is C31H22Cl2F3N3O4. The van der Waals surface area contributed by atoms with Gasteiger partial charge in [-0.05, 0) is 35.4 Å². The maximum absolute atomic E-state index is 14.6. The van der Waals surface area contributed by atoms with Gasteiger partial charge in [0.1, 0.15) is 6.04 Å². The van der Waals surface area contributed by atoms with Gasteiger partial charge in [-0.15, -0.1) is 0 Å². The Morgan fingerprint density at radius 1 is 0.977 bits per heavy atom. The lowest BCUT2D eigenvalue weighted by atomic mass is 9.91. The van der Waals surface area contributed by atoms with Crippen LogP contribution in [-0.4, -0.2) is 34.6 Å². The summed E-state index contributed by atoms with van der Waals surface area (Å²) in [6.45, 7) is 0. The number of aryl methyl sites for hydroxylation is 1. The highest BCUT2D eigenvalue weighted by atomic mass is 35.5. The van der Waals surface area contributed by atoms with Gasteiger partial charge in [-0.3, -0.25) is 14.6 Å². The first-order valence-electron chi connectivity index (χ1n) is 12.8. The van der Waals surface area contributed by atoms with E-state index in [0.29, 0.717) is 5.56 Å². The standard InChI is InChI=1S/C31H22Cl2F3N3O4/c1-39-23-11-4-3-7-19(23)26(31(34,35)36)24(29(39)41)17-13-12-16(27-18(17)8-6-14-37-27)15-22(30(42)43-2)38-28(40)25-20(32)9-5-10-21(25)33/h3-14,22H,15H2,1-2H3,(H,38,40)/t22-/m0/s1. The van der Waals surface area contributed by atoms with Crippen molar-refractivity contribution >= 4 is 56.9 Å². The number of halogens is 5. The first-order chi connectivity index (χ1) is 20.4. The quantitative estimate of drug-likeness (QED) is 0.214. The number of esters is 1. The van der Waals surface area contributed by atoms with Gasteiger partial charge in [0.25, 0.3) is 11.5 Å². The Morgan fingerprint density at radius 3 is 2.33 bits per heavy atom. The van der Waals surface area contributed by atoms with Gasteiger partial charge in [-0.1, -0.05) is 65.7 Å². The number of benzene rings is 3. The number of methoxy groups -OCH3 is 1. The molecule has 0 unspecified atom stereocenters. The highest BCUT2D eigenvalue weighted by Crippen LogP contribution is 2.42. The van der Waals surface area contributed by atoms with E-state index in [4.69, 9.17) is 27.9 Å². The number of carbonyl (C=O) groups excluding carboxylic acids is 2. The predicted molar refractivity (Wildman–Crippen MR) is 158 cm³/mol. The number of nitrogens with one attached hydrogen (secondary N) is 1. The molecule has 0 radical (unpaired) electrons. The van der Waals surface area contributed by atoms with Gasteiger partial charge >= 0.3 is 12.1 Å². The van der Waals surface area contributed by atoms with Crippen molar-refractivity contribution in [2.24, 2.45) is 7.05 Å². The second-order valence-electron chi connectivity index (χ2n) is 9.65. The molecule has 7 nitrogen and oxygen atoms in total. The Bertz CT molecular complexity index is 1950. The van der Waals surface area contributed by atoms with Crippen LogP contribution in [0.1, 0.15) is 21.5 Å². The number of pyridine rings is 2.